The Bertz CT molecular complexity index is 341. The molecule has 0 aliphatic rings. The molecule has 96 valence electrons. The van der Waals surface area contributed by atoms with Gasteiger partial charge in [0, 0.05) is 18.9 Å². The van der Waals surface area contributed by atoms with Gasteiger partial charge in [-0.1, -0.05) is 23.2 Å². The van der Waals surface area contributed by atoms with E-state index < -0.39 is 0 Å². The first-order valence-corrected chi connectivity index (χ1v) is 6.35. The molecule has 0 amide bonds. The highest BCUT2D eigenvalue weighted by atomic mass is 35.5. The summed E-state index contributed by atoms with van der Waals surface area (Å²) in [6, 6.07) is 5.39. The number of benzene rings is 1. The number of ether oxygens (including phenoxy) is 2. The summed E-state index contributed by atoms with van der Waals surface area (Å²) in [4.78, 5) is 0. The number of hydrogen-bond acceptors (Lipinski definition) is 3. The minimum absolute atomic E-state index is 0.251. The van der Waals surface area contributed by atoms with Crippen LogP contribution < -0.4 is 5.32 Å². The monoisotopic (exact) mass is 277 g/mol. The summed E-state index contributed by atoms with van der Waals surface area (Å²) in [5, 5.41) is 4.26. The van der Waals surface area contributed by atoms with Crippen molar-refractivity contribution in [3.63, 3.8) is 0 Å². The third-order valence-electron chi connectivity index (χ3n) is 2.10. The van der Waals surface area contributed by atoms with Gasteiger partial charge < -0.3 is 14.8 Å². The lowest BCUT2D eigenvalue weighted by molar-refractivity contribution is -0.126. The molecule has 0 aliphatic heterocycles. The van der Waals surface area contributed by atoms with Gasteiger partial charge in [0.15, 0.2) is 6.29 Å². The van der Waals surface area contributed by atoms with E-state index in [9.17, 15) is 0 Å². The maximum atomic E-state index is 5.92. The van der Waals surface area contributed by atoms with Crippen molar-refractivity contribution in [2.24, 2.45) is 0 Å². The van der Waals surface area contributed by atoms with Crippen LogP contribution in [0.3, 0.4) is 0 Å². The topological polar surface area (TPSA) is 30.5 Å². The number of hydrogen-bond donors (Lipinski definition) is 1. The van der Waals surface area contributed by atoms with Crippen LogP contribution in [0.4, 0.5) is 5.69 Å². The molecule has 5 heteroatoms. The van der Waals surface area contributed by atoms with Crippen molar-refractivity contribution in [1.82, 2.24) is 0 Å². The summed E-state index contributed by atoms with van der Waals surface area (Å²) in [5.41, 5.74) is 0.892. The third kappa shape index (κ3) is 5.13. The Morgan fingerprint density at radius 2 is 1.76 bits per heavy atom. The van der Waals surface area contributed by atoms with Crippen molar-refractivity contribution in [2.45, 2.75) is 20.1 Å². The second kappa shape index (κ2) is 7.77. The van der Waals surface area contributed by atoms with Gasteiger partial charge in [0.25, 0.3) is 0 Å². The van der Waals surface area contributed by atoms with Crippen LogP contribution in [-0.2, 0) is 9.47 Å². The van der Waals surface area contributed by atoms with E-state index in [-0.39, 0.29) is 6.29 Å². The molecule has 0 aliphatic carbocycles. The molecule has 0 unspecified atom stereocenters. The zero-order valence-electron chi connectivity index (χ0n) is 10.0. The molecule has 0 fully saturated rings. The van der Waals surface area contributed by atoms with Crippen LogP contribution in [0.15, 0.2) is 18.2 Å². The van der Waals surface area contributed by atoms with Crippen LogP contribution >= 0.6 is 23.2 Å². The van der Waals surface area contributed by atoms with E-state index in [1.807, 2.05) is 19.9 Å². The van der Waals surface area contributed by atoms with Crippen LogP contribution in [0, 0.1) is 0 Å². The second-order valence-electron chi connectivity index (χ2n) is 3.35. The Hall–Kier alpha value is -0.480. The predicted molar refractivity (Wildman–Crippen MR) is 72.0 cm³/mol. The van der Waals surface area contributed by atoms with Gasteiger partial charge in [0.2, 0.25) is 0 Å². The molecule has 1 aromatic rings. The first-order chi connectivity index (χ1) is 8.17. The standard InChI is InChI=1S/C12H17Cl2NO2/c1-3-16-12(17-4-2)8-15-9-5-6-10(13)11(14)7-9/h5-7,12,15H,3-4,8H2,1-2H3. The normalized spacial score (nSPS) is 10.9. The highest BCUT2D eigenvalue weighted by Gasteiger charge is 2.07. The zero-order valence-corrected chi connectivity index (χ0v) is 11.5. The summed E-state index contributed by atoms with van der Waals surface area (Å²) in [6.45, 7) is 5.68. The van der Waals surface area contributed by atoms with Crippen molar-refractivity contribution >= 4 is 28.9 Å². The average molecular weight is 278 g/mol. The Morgan fingerprint density at radius 1 is 1.12 bits per heavy atom. The van der Waals surface area contributed by atoms with Gasteiger partial charge in [0.05, 0.1) is 16.6 Å². The van der Waals surface area contributed by atoms with E-state index in [0.717, 1.165) is 5.69 Å². The van der Waals surface area contributed by atoms with Crippen molar-refractivity contribution in [3.05, 3.63) is 28.2 Å². The van der Waals surface area contributed by atoms with Crippen LogP contribution in [-0.4, -0.2) is 26.0 Å². The molecule has 0 heterocycles. The van der Waals surface area contributed by atoms with Gasteiger partial charge in [-0.05, 0) is 32.0 Å². The lowest BCUT2D eigenvalue weighted by Gasteiger charge is -2.18. The molecule has 1 rings (SSSR count). The third-order valence-corrected chi connectivity index (χ3v) is 2.84. The summed E-state index contributed by atoms with van der Waals surface area (Å²) in [5.74, 6) is 0. The summed E-state index contributed by atoms with van der Waals surface area (Å²) in [7, 11) is 0. The largest absolute Gasteiger partial charge is 0.380 e. The van der Waals surface area contributed by atoms with E-state index >= 15 is 0 Å². The van der Waals surface area contributed by atoms with Crippen molar-refractivity contribution in [2.75, 3.05) is 25.1 Å². The molecule has 0 radical (unpaired) electrons. The molecule has 0 saturated heterocycles. The molecule has 1 aromatic carbocycles. The number of anilines is 1. The molecule has 1 N–H and O–H groups in total. The molecular formula is C12H17Cl2NO2. The summed E-state index contributed by atoms with van der Waals surface area (Å²) >= 11 is 11.8. The highest BCUT2D eigenvalue weighted by Crippen LogP contribution is 2.24. The lowest BCUT2D eigenvalue weighted by Crippen LogP contribution is -2.26. The lowest BCUT2D eigenvalue weighted by atomic mass is 10.3. The van der Waals surface area contributed by atoms with Gasteiger partial charge in [-0.15, -0.1) is 0 Å². The average Bonchev–Trinajstić information content (AvgIpc) is 2.31. The Labute approximate surface area is 112 Å². The van der Waals surface area contributed by atoms with Crippen LogP contribution in [0.2, 0.25) is 10.0 Å². The van der Waals surface area contributed by atoms with Crippen molar-refractivity contribution in [1.29, 1.82) is 0 Å². The van der Waals surface area contributed by atoms with Gasteiger partial charge in [-0.3, -0.25) is 0 Å². The molecule has 0 atom stereocenters. The quantitative estimate of drug-likeness (QED) is 0.769. The van der Waals surface area contributed by atoms with Gasteiger partial charge in [-0.2, -0.15) is 0 Å². The summed E-state index contributed by atoms with van der Waals surface area (Å²) in [6.07, 6.45) is -0.251. The Balaban J connectivity index is 2.49. The second-order valence-corrected chi connectivity index (χ2v) is 4.16. The molecule has 0 saturated carbocycles. The first-order valence-electron chi connectivity index (χ1n) is 5.59. The van der Waals surface area contributed by atoms with E-state index in [0.29, 0.717) is 29.8 Å². The van der Waals surface area contributed by atoms with Crippen molar-refractivity contribution < 1.29 is 9.47 Å². The minimum Gasteiger partial charge on any atom is -0.380 e. The Morgan fingerprint density at radius 3 is 2.29 bits per heavy atom. The molecule has 0 spiro atoms. The van der Waals surface area contributed by atoms with E-state index in [1.54, 1.807) is 12.1 Å². The Kier molecular flexibility index (Phi) is 6.66. The minimum atomic E-state index is -0.251. The van der Waals surface area contributed by atoms with Crippen LogP contribution in [0.1, 0.15) is 13.8 Å². The van der Waals surface area contributed by atoms with Gasteiger partial charge in [0.1, 0.15) is 0 Å². The smallest absolute Gasteiger partial charge is 0.174 e. The van der Waals surface area contributed by atoms with Crippen molar-refractivity contribution in [3.8, 4) is 0 Å². The fraction of sp³-hybridized carbons (Fsp3) is 0.500. The van der Waals surface area contributed by atoms with Crippen LogP contribution in [0.5, 0.6) is 0 Å². The SMILES string of the molecule is CCOC(CNc1ccc(Cl)c(Cl)c1)OCC. The van der Waals surface area contributed by atoms with Crippen LogP contribution in [0.25, 0.3) is 0 Å². The maximum Gasteiger partial charge on any atom is 0.174 e. The number of halogens is 2. The fourth-order valence-electron chi connectivity index (χ4n) is 1.35. The molecular weight excluding hydrogens is 261 g/mol. The molecule has 0 bridgehead atoms. The van der Waals surface area contributed by atoms with E-state index in [2.05, 4.69) is 5.32 Å². The maximum absolute atomic E-state index is 5.92. The number of rotatable bonds is 7. The zero-order chi connectivity index (χ0) is 12.7. The fourth-order valence-corrected chi connectivity index (χ4v) is 1.64. The van der Waals surface area contributed by atoms with E-state index in [1.165, 1.54) is 0 Å². The molecule has 3 nitrogen and oxygen atoms in total. The van der Waals surface area contributed by atoms with Gasteiger partial charge >= 0.3 is 0 Å². The number of nitrogens with one attached hydrogen (secondary N) is 1. The predicted octanol–water partition coefficient (Wildman–Crippen LogP) is 3.80. The molecule has 17 heavy (non-hydrogen) atoms. The molecule has 0 aromatic heterocycles. The van der Waals surface area contributed by atoms with Gasteiger partial charge in [-0.25, -0.2) is 0 Å². The van der Waals surface area contributed by atoms with E-state index in [4.69, 9.17) is 32.7 Å². The highest BCUT2D eigenvalue weighted by molar-refractivity contribution is 6.42. The summed E-state index contributed by atoms with van der Waals surface area (Å²) < 4.78 is 10.8. The first kappa shape index (κ1) is 14.6.